The van der Waals surface area contributed by atoms with Gasteiger partial charge in [0, 0.05) is 63.4 Å². The number of carbonyl (C=O) groups is 1. The van der Waals surface area contributed by atoms with E-state index in [2.05, 4.69) is 42.3 Å². The van der Waals surface area contributed by atoms with E-state index >= 15 is 0 Å². The zero-order valence-electron chi connectivity index (χ0n) is 16.9. The van der Waals surface area contributed by atoms with Gasteiger partial charge >= 0.3 is 0 Å². The number of hydrogen-bond donors (Lipinski definition) is 1. The van der Waals surface area contributed by atoms with Crippen molar-refractivity contribution in [3.63, 3.8) is 0 Å². The Morgan fingerprint density at radius 1 is 1.07 bits per heavy atom. The third-order valence-corrected chi connectivity index (χ3v) is 5.55. The number of benzene rings is 1. The maximum Gasteiger partial charge on any atom is 0.219 e. The van der Waals surface area contributed by atoms with Gasteiger partial charge in [-0.1, -0.05) is 6.07 Å². The number of nitrogens with zero attached hydrogens (tertiary/aromatic N) is 7. The number of hydrogen-bond acceptors (Lipinski definition) is 6. The molecule has 1 aromatic carbocycles. The monoisotopic (exact) mass is 402 g/mol. The van der Waals surface area contributed by atoms with E-state index in [1.807, 2.05) is 36.5 Å². The largest absolute Gasteiger partial charge is 0.353 e. The van der Waals surface area contributed by atoms with E-state index in [1.54, 1.807) is 17.9 Å². The van der Waals surface area contributed by atoms with E-state index in [-0.39, 0.29) is 5.91 Å². The molecule has 1 aliphatic rings. The van der Waals surface area contributed by atoms with E-state index in [9.17, 15) is 4.79 Å². The SMILES string of the molecule is CC(=O)N1CCN(c2cc(-c3n[nH]c4ccc(-c5cnn(C)c5)cc34)ncn2)CC1. The van der Waals surface area contributed by atoms with Crippen LogP contribution in [0.25, 0.3) is 33.4 Å². The molecule has 0 radical (unpaired) electrons. The lowest BCUT2D eigenvalue weighted by atomic mass is 10.1. The van der Waals surface area contributed by atoms with Crippen LogP contribution in [0, 0.1) is 0 Å². The summed E-state index contributed by atoms with van der Waals surface area (Å²) in [4.78, 5) is 24.5. The molecule has 30 heavy (non-hydrogen) atoms. The number of amides is 1. The lowest BCUT2D eigenvalue weighted by molar-refractivity contribution is -0.129. The van der Waals surface area contributed by atoms with Crippen LogP contribution in [0.5, 0.6) is 0 Å². The lowest BCUT2D eigenvalue weighted by Gasteiger charge is -2.34. The van der Waals surface area contributed by atoms with E-state index in [4.69, 9.17) is 0 Å². The number of anilines is 1. The summed E-state index contributed by atoms with van der Waals surface area (Å²) in [5, 5.41) is 12.9. The molecule has 152 valence electrons. The molecule has 5 rings (SSSR count). The van der Waals surface area contributed by atoms with E-state index < -0.39 is 0 Å². The molecule has 3 aromatic heterocycles. The first-order valence-corrected chi connectivity index (χ1v) is 9.88. The second-order valence-corrected chi connectivity index (χ2v) is 7.49. The first kappa shape index (κ1) is 18.3. The van der Waals surface area contributed by atoms with Gasteiger partial charge in [-0.3, -0.25) is 14.6 Å². The Morgan fingerprint density at radius 2 is 1.90 bits per heavy atom. The lowest BCUT2D eigenvalue weighted by Crippen LogP contribution is -2.48. The highest BCUT2D eigenvalue weighted by molar-refractivity contribution is 5.95. The molecule has 1 amide bonds. The van der Waals surface area contributed by atoms with Gasteiger partial charge in [0.15, 0.2) is 0 Å². The minimum absolute atomic E-state index is 0.116. The van der Waals surface area contributed by atoms with Gasteiger partial charge < -0.3 is 9.80 Å². The van der Waals surface area contributed by atoms with Crippen LogP contribution < -0.4 is 4.90 Å². The van der Waals surface area contributed by atoms with Crippen molar-refractivity contribution >= 4 is 22.6 Å². The van der Waals surface area contributed by atoms with Crippen LogP contribution in [-0.2, 0) is 11.8 Å². The van der Waals surface area contributed by atoms with E-state index in [0.29, 0.717) is 13.1 Å². The molecule has 0 saturated carbocycles. The molecular formula is C21H22N8O. The molecule has 1 aliphatic heterocycles. The third kappa shape index (κ3) is 3.28. The standard InChI is InChI=1S/C21H22N8O/c1-14(30)28-5-7-29(8-6-28)20-10-19(22-13-23-20)21-17-9-15(3-4-18(17)25-26-21)16-11-24-27(2)12-16/h3-4,9-13H,5-8H2,1-2H3,(H,25,26). The fourth-order valence-corrected chi connectivity index (χ4v) is 3.86. The first-order chi connectivity index (χ1) is 14.6. The Labute approximate surface area is 173 Å². The van der Waals surface area contributed by atoms with Crippen molar-refractivity contribution in [2.24, 2.45) is 7.05 Å². The summed E-state index contributed by atoms with van der Waals surface area (Å²) in [5.41, 5.74) is 4.64. The summed E-state index contributed by atoms with van der Waals surface area (Å²) in [6.07, 6.45) is 5.42. The zero-order chi connectivity index (χ0) is 20.7. The molecule has 0 aliphatic carbocycles. The van der Waals surface area contributed by atoms with Crippen molar-refractivity contribution in [1.82, 2.24) is 34.8 Å². The molecule has 0 atom stereocenters. The Hall–Kier alpha value is -3.75. The molecule has 1 fully saturated rings. The van der Waals surface area contributed by atoms with Crippen LogP contribution in [-0.4, -0.2) is 66.9 Å². The third-order valence-electron chi connectivity index (χ3n) is 5.55. The molecule has 4 heterocycles. The molecule has 0 spiro atoms. The number of nitrogens with one attached hydrogen (secondary N) is 1. The topological polar surface area (TPSA) is 95.8 Å². The normalized spacial score (nSPS) is 14.5. The molecule has 0 bridgehead atoms. The molecule has 0 unspecified atom stereocenters. The fourth-order valence-electron chi connectivity index (χ4n) is 3.86. The van der Waals surface area contributed by atoms with Gasteiger partial charge in [-0.05, 0) is 17.7 Å². The number of aromatic nitrogens is 6. The maximum absolute atomic E-state index is 11.6. The van der Waals surface area contributed by atoms with Gasteiger partial charge in [0.05, 0.1) is 17.4 Å². The van der Waals surface area contributed by atoms with Crippen molar-refractivity contribution < 1.29 is 4.79 Å². The Balaban J connectivity index is 1.47. The molecular weight excluding hydrogens is 380 g/mol. The number of fused-ring (bicyclic) bond motifs is 1. The molecule has 9 nitrogen and oxygen atoms in total. The highest BCUT2D eigenvalue weighted by Crippen LogP contribution is 2.30. The summed E-state index contributed by atoms with van der Waals surface area (Å²) < 4.78 is 1.79. The molecule has 1 N–H and O–H groups in total. The minimum Gasteiger partial charge on any atom is -0.353 e. The summed E-state index contributed by atoms with van der Waals surface area (Å²) in [6.45, 7) is 4.52. The van der Waals surface area contributed by atoms with Gasteiger partial charge in [-0.15, -0.1) is 0 Å². The Morgan fingerprint density at radius 3 is 2.63 bits per heavy atom. The Kier molecular flexibility index (Phi) is 4.42. The quantitative estimate of drug-likeness (QED) is 0.564. The van der Waals surface area contributed by atoms with Crippen molar-refractivity contribution in [3.05, 3.63) is 43.0 Å². The van der Waals surface area contributed by atoms with E-state index in [1.165, 1.54) is 0 Å². The first-order valence-electron chi connectivity index (χ1n) is 9.88. The molecule has 4 aromatic rings. The minimum atomic E-state index is 0.116. The van der Waals surface area contributed by atoms with Crippen LogP contribution in [0.15, 0.2) is 43.0 Å². The Bertz CT molecular complexity index is 1220. The highest BCUT2D eigenvalue weighted by atomic mass is 16.2. The number of aryl methyl sites for hydroxylation is 1. The number of carbonyl (C=O) groups excluding carboxylic acids is 1. The second-order valence-electron chi connectivity index (χ2n) is 7.49. The predicted molar refractivity (Wildman–Crippen MR) is 114 cm³/mol. The van der Waals surface area contributed by atoms with Crippen LogP contribution in [0.4, 0.5) is 5.82 Å². The predicted octanol–water partition coefficient (Wildman–Crippen LogP) is 2.09. The fraction of sp³-hybridized carbons (Fsp3) is 0.286. The number of rotatable bonds is 3. The van der Waals surface area contributed by atoms with Gasteiger partial charge in [-0.2, -0.15) is 10.2 Å². The second kappa shape index (κ2) is 7.25. The zero-order valence-corrected chi connectivity index (χ0v) is 16.9. The average molecular weight is 402 g/mol. The summed E-state index contributed by atoms with van der Waals surface area (Å²) in [7, 11) is 1.91. The van der Waals surface area contributed by atoms with Crippen LogP contribution in [0.1, 0.15) is 6.92 Å². The van der Waals surface area contributed by atoms with Gasteiger partial charge in [0.1, 0.15) is 17.8 Å². The summed E-state index contributed by atoms with van der Waals surface area (Å²) in [6, 6.07) is 8.16. The van der Waals surface area contributed by atoms with Gasteiger partial charge in [-0.25, -0.2) is 9.97 Å². The van der Waals surface area contributed by atoms with Crippen molar-refractivity contribution in [2.75, 3.05) is 31.1 Å². The van der Waals surface area contributed by atoms with Crippen LogP contribution >= 0.6 is 0 Å². The average Bonchev–Trinajstić information content (AvgIpc) is 3.39. The van der Waals surface area contributed by atoms with Crippen LogP contribution in [0.2, 0.25) is 0 Å². The molecule has 1 saturated heterocycles. The number of aromatic amines is 1. The number of piperazine rings is 1. The maximum atomic E-state index is 11.6. The summed E-state index contributed by atoms with van der Waals surface area (Å²) >= 11 is 0. The van der Waals surface area contributed by atoms with Crippen molar-refractivity contribution in [1.29, 1.82) is 0 Å². The smallest absolute Gasteiger partial charge is 0.219 e. The van der Waals surface area contributed by atoms with Crippen molar-refractivity contribution in [2.45, 2.75) is 6.92 Å². The highest BCUT2D eigenvalue weighted by Gasteiger charge is 2.20. The van der Waals surface area contributed by atoms with Gasteiger partial charge in [0.25, 0.3) is 0 Å². The van der Waals surface area contributed by atoms with Gasteiger partial charge in [0.2, 0.25) is 5.91 Å². The van der Waals surface area contributed by atoms with Crippen molar-refractivity contribution in [3.8, 4) is 22.5 Å². The summed E-state index contributed by atoms with van der Waals surface area (Å²) in [5.74, 6) is 0.966. The van der Waals surface area contributed by atoms with E-state index in [0.717, 1.165) is 52.3 Å². The van der Waals surface area contributed by atoms with Crippen LogP contribution in [0.3, 0.4) is 0 Å². The number of H-pyrrole nitrogens is 1. The molecule has 9 heteroatoms.